The molecule has 10 heteroatoms. The van der Waals surface area contributed by atoms with Crippen LogP contribution < -0.4 is 15.7 Å². The van der Waals surface area contributed by atoms with Crippen LogP contribution in [-0.2, 0) is 6.61 Å². The lowest BCUT2D eigenvalue weighted by molar-refractivity contribution is 0.253. The average Bonchev–Trinajstić information content (AvgIpc) is 3.20. The van der Waals surface area contributed by atoms with Gasteiger partial charge in [-0.1, -0.05) is 18.7 Å². The molecule has 0 radical (unpaired) electrons. The van der Waals surface area contributed by atoms with E-state index < -0.39 is 36.0 Å². The summed E-state index contributed by atoms with van der Waals surface area (Å²) in [6.45, 7) is 3.02. The third-order valence-electron chi connectivity index (χ3n) is 5.89. The number of ether oxygens (including phenoxy) is 1. The van der Waals surface area contributed by atoms with Crippen LogP contribution in [0.25, 0.3) is 22.4 Å². The van der Waals surface area contributed by atoms with E-state index in [1.807, 2.05) is 0 Å². The highest BCUT2D eigenvalue weighted by atomic mass is 19.1. The molecule has 7 nitrogen and oxygen atoms in total. The van der Waals surface area contributed by atoms with Gasteiger partial charge < -0.3 is 15.2 Å². The highest BCUT2D eigenvalue weighted by Gasteiger charge is 2.18. The molecule has 0 saturated carbocycles. The third kappa shape index (κ3) is 4.64. The highest BCUT2D eigenvalue weighted by molar-refractivity contribution is 5.79. The van der Waals surface area contributed by atoms with E-state index in [-0.39, 0.29) is 17.0 Å². The van der Waals surface area contributed by atoms with E-state index in [4.69, 9.17) is 4.74 Å². The maximum Gasteiger partial charge on any atom is 0.338 e. The molecule has 0 spiro atoms. The number of halogens is 3. The number of aromatic nitrogens is 3. The van der Waals surface area contributed by atoms with Gasteiger partial charge in [-0.3, -0.25) is 14.1 Å². The third-order valence-corrected chi connectivity index (χ3v) is 5.89. The van der Waals surface area contributed by atoms with Crippen molar-refractivity contribution in [1.29, 1.82) is 0 Å². The minimum Gasteiger partial charge on any atom is -0.486 e. The second kappa shape index (κ2) is 10.3. The van der Waals surface area contributed by atoms with Gasteiger partial charge in [0.25, 0.3) is 0 Å². The molecule has 0 amide bonds. The second-order valence-electron chi connectivity index (χ2n) is 8.30. The lowest BCUT2D eigenvalue weighted by atomic mass is 10.2. The fourth-order valence-electron chi connectivity index (χ4n) is 4.08. The molecule has 0 aliphatic heterocycles. The molecule has 0 aliphatic carbocycles. The molecule has 3 aromatic carbocycles. The number of pyridine rings is 1. The average molecular weight is 518 g/mol. The Morgan fingerprint density at radius 3 is 2.39 bits per heavy atom. The number of nitrogens with one attached hydrogen (secondary N) is 1. The molecule has 1 atom stereocenters. The number of hydrogen-bond donors (Lipinski definition) is 2. The summed E-state index contributed by atoms with van der Waals surface area (Å²) < 4.78 is 50.9. The molecule has 2 aromatic heterocycles. The van der Waals surface area contributed by atoms with Crippen molar-refractivity contribution in [3.8, 4) is 17.1 Å². The second-order valence-corrected chi connectivity index (χ2v) is 8.30. The fourth-order valence-corrected chi connectivity index (χ4v) is 4.08. The summed E-state index contributed by atoms with van der Waals surface area (Å²) in [6, 6.07) is 15.8. The Hall–Kier alpha value is -4.83. The number of aliphatic hydroxyl groups excluding tert-OH is 1. The van der Waals surface area contributed by atoms with Gasteiger partial charge in [-0.15, -0.1) is 0 Å². The molecule has 0 bridgehead atoms. The first kappa shape index (κ1) is 24.8. The molecule has 0 saturated heterocycles. The van der Waals surface area contributed by atoms with Crippen LogP contribution in [0.3, 0.4) is 0 Å². The molecule has 0 fully saturated rings. The summed E-state index contributed by atoms with van der Waals surface area (Å²) in [5.41, 5.74) is 1.37. The summed E-state index contributed by atoms with van der Waals surface area (Å²) in [5.74, 6) is -2.65. The van der Waals surface area contributed by atoms with Crippen molar-refractivity contribution >= 4 is 16.7 Å². The molecule has 0 aliphatic rings. The van der Waals surface area contributed by atoms with E-state index in [2.05, 4.69) is 16.9 Å². The Kier molecular flexibility index (Phi) is 6.71. The van der Waals surface area contributed by atoms with E-state index in [9.17, 15) is 18.7 Å². The quantitative estimate of drug-likeness (QED) is 0.221. The van der Waals surface area contributed by atoms with Crippen LogP contribution in [0.1, 0.15) is 5.56 Å². The first-order valence-electron chi connectivity index (χ1n) is 11.5. The number of benzene rings is 3. The van der Waals surface area contributed by atoms with Crippen LogP contribution in [-0.4, -0.2) is 25.5 Å². The Balaban J connectivity index is 1.53. The van der Waals surface area contributed by atoms with Gasteiger partial charge in [-0.25, -0.2) is 18.0 Å². The molecule has 2 heterocycles. The standard InChI is InChI=1S/C28H21F3N4O3/c1-2-27(36)33-17-5-3-6-18(13-17)34-24-11-12-32-15-25(24)35(28(34)37)19-9-10-26(23(31)14-19)38-16-20-21(29)7-4-8-22(20)30/h2-15,27,33,36H,1,16H2. The van der Waals surface area contributed by atoms with Crippen LogP contribution >= 0.6 is 0 Å². The lowest BCUT2D eigenvalue weighted by Crippen LogP contribution is -2.22. The maximum atomic E-state index is 15.0. The van der Waals surface area contributed by atoms with Crippen molar-refractivity contribution in [2.24, 2.45) is 0 Å². The fraction of sp³-hybridized carbons (Fsp3) is 0.0714. The summed E-state index contributed by atoms with van der Waals surface area (Å²) in [5, 5.41) is 12.7. The van der Waals surface area contributed by atoms with Gasteiger partial charge in [-0.2, -0.15) is 0 Å². The minimum absolute atomic E-state index is 0.199. The molecular weight excluding hydrogens is 497 g/mol. The predicted molar refractivity (Wildman–Crippen MR) is 137 cm³/mol. The number of anilines is 1. The predicted octanol–water partition coefficient (Wildman–Crippen LogP) is 5.09. The zero-order chi connectivity index (χ0) is 26.8. The number of fused-ring (bicyclic) bond motifs is 1. The number of nitrogens with zero attached hydrogens (tertiary/aromatic N) is 3. The van der Waals surface area contributed by atoms with E-state index >= 15 is 4.39 Å². The van der Waals surface area contributed by atoms with Crippen molar-refractivity contribution in [2.45, 2.75) is 12.8 Å². The van der Waals surface area contributed by atoms with Gasteiger partial charge in [0, 0.05) is 18.0 Å². The minimum atomic E-state index is -0.980. The zero-order valence-corrected chi connectivity index (χ0v) is 19.8. The van der Waals surface area contributed by atoms with Crippen molar-refractivity contribution in [3.05, 3.63) is 125 Å². The Bertz CT molecular complexity index is 1690. The summed E-state index contributed by atoms with van der Waals surface area (Å²) >= 11 is 0. The number of imidazole rings is 1. The van der Waals surface area contributed by atoms with Gasteiger partial charge in [-0.05, 0) is 54.6 Å². The molecule has 5 aromatic rings. The van der Waals surface area contributed by atoms with E-state index in [1.165, 1.54) is 45.8 Å². The Morgan fingerprint density at radius 1 is 0.947 bits per heavy atom. The highest BCUT2D eigenvalue weighted by Crippen LogP contribution is 2.26. The maximum absolute atomic E-state index is 15.0. The van der Waals surface area contributed by atoms with Gasteiger partial charge in [0.15, 0.2) is 11.6 Å². The Labute approximate surface area is 214 Å². The largest absolute Gasteiger partial charge is 0.486 e. The van der Waals surface area contributed by atoms with Gasteiger partial charge in [0.1, 0.15) is 24.5 Å². The van der Waals surface area contributed by atoms with E-state index in [0.29, 0.717) is 22.4 Å². The Morgan fingerprint density at radius 2 is 1.66 bits per heavy atom. The summed E-state index contributed by atoms with van der Waals surface area (Å²) in [4.78, 5) is 17.8. The first-order chi connectivity index (χ1) is 18.4. The van der Waals surface area contributed by atoms with Crippen LogP contribution in [0.4, 0.5) is 18.9 Å². The number of rotatable bonds is 8. The monoisotopic (exact) mass is 518 g/mol. The molecule has 1 unspecified atom stereocenters. The van der Waals surface area contributed by atoms with Crippen molar-refractivity contribution in [3.63, 3.8) is 0 Å². The number of aliphatic hydroxyl groups is 1. The van der Waals surface area contributed by atoms with Crippen molar-refractivity contribution < 1.29 is 23.0 Å². The van der Waals surface area contributed by atoms with Crippen molar-refractivity contribution in [1.82, 2.24) is 14.1 Å². The van der Waals surface area contributed by atoms with Crippen LogP contribution in [0.2, 0.25) is 0 Å². The molecular formula is C28H21F3N4O3. The summed E-state index contributed by atoms with van der Waals surface area (Å²) in [6.07, 6.45) is 3.36. The molecule has 5 rings (SSSR count). The van der Waals surface area contributed by atoms with Crippen LogP contribution in [0.5, 0.6) is 5.75 Å². The van der Waals surface area contributed by atoms with Crippen LogP contribution in [0, 0.1) is 17.5 Å². The van der Waals surface area contributed by atoms with Gasteiger partial charge in [0.2, 0.25) is 0 Å². The first-order valence-corrected chi connectivity index (χ1v) is 11.5. The molecule has 38 heavy (non-hydrogen) atoms. The van der Waals surface area contributed by atoms with Gasteiger partial charge >= 0.3 is 5.69 Å². The van der Waals surface area contributed by atoms with Crippen molar-refractivity contribution in [2.75, 3.05) is 5.32 Å². The normalized spacial score (nSPS) is 11.9. The summed E-state index contributed by atoms with van der Waals surface area (Å²) in [7, 11) is 0. The smallest absolute Gasteiger partial charge is 0.338 e. The van der Waals surface area contributed by atoms with Crippen LogP contribution in [0.15, 0.2) is 96.6 Å². The molecule has 192 valence electrons. The number of hydrogen-bond acceptors (Lipinski definition) is 5. The zero-order valence-electron chi connectivity index (χ0n) is 19.8. The SMILES string of the molecule is C=CC(O)Nc1cccc(-n2c(=O)n(-c3ccc(OCc4c(F)cccc4F)c(F)c3)c3cnccc32)c1. The topological polar surface area (TPSA) is 81.3 Å². The van der Waals surface area contributed by atoms with E-state index in [1.54, 1.807) is 30.3 Å². The lowest BCUT2D eigenvalue weighted by Gasteiger charge is -2.12. The van der Waals surface area contributed by atoms with E-state index in [0.717, 1.165) is 18.2 Å². The molecule has 2 N–H and O–H groups in total. The van der Waals surface area contributed by atoms with Gasteiger partial charge in [0.05, 0.1) is 34.2 Å².